The van der Waals surface area contributed by atoms with E-state index in [1.807, 2.05) is 32.3 Å². The van der Waals surface area contributed by atoms with Crippen molar-refractivity contribution >= 4 is 0 Å². The van der Waals surface area contributed by atoms with Crippen molar-refractivity contribution in [3.63, 3.8) is 0 Å². The predicted molar refractivity (Wildman–Crippen MR) is 97.5 cm³/mol. The Hall–Kier alpha value is -1.70. The minimum atomic E-state index is 0.538. The summed E-state index contributed by atoms with van der Waals surface area (Å²) in [5.74, 6) is 1.13. The Morgan fingerprint density at radius 1 is 0.909 bits per heavy atom. The zero-order valence-corrected chi connectivity index (χ0v) is 15.5. The maximum absolute atomic E-state index is 4.38. The van der Waals surface area contributed by atoms with Gasteiger partial charge in [0.25, 0.3) is 0 Å². The van der Waals surface area contributed by atoms with E-state index in [4.69, 9.17) is 0 Å². The van der Waals surface area contributed by atoms with Gasteiger partial charge in [-0.3, -0.25) is 9.97 Å². The van der Waals surface area contributed by atoms with Crippen LogP contribution in [0.25, 0.3) is 0 Å². The average molecular weight is 300 g/mol. The molecule has 0 aliphatic heterocycles. The summed E-state index contributed by atoms with van der Waals surface area (Å²) in [6.45, 7) is 16.9. The summed E-state index contributed by atoms with van der Waals surface area (Å²) in [6.07, 6.45) is 5.64. The maximum atomic E-state index is 4.38. The number of nitrogens with zero attached hydrogens (tertiary/aromatic N) is 2. The molecule has 0 atom stereocenters. The van der Waals surface area contributed by atoms with Crippen LogP contribution in [-0.2, 0) is 0 Å². The lowest BCUT2D eigenvalue weighted by Crippen LogP contribution is -1.96. The number of pyridine rings is 2. The Morgan fingerprint density at radius 2 is 1.55 bits per heavy atom. The molecule has 122 valence electrons. The molecule has 0 saturated carbocycles. The molecule has 0 N–H and O–H groups in total. The van der Waals surface area contributed by atoms with Gasteiger partial charge in [-0.05, 0) is 48.4 Å². The third-order valence-electron chi connectivity index (χ3n) is 3.15. The Balaban J connectivity index is 0.000000366. The second-order valence-electron chi connectivity index (χ2n) is 5.81. The molecule has 0 spiro atoms. The largest absolute Gasteiger partial charge is 0.264 e. The summed E-state index contributed by atoms with van der Waals surface area (Å²) in [7, 11) is 0. The van der Waals surface area contributed by atoms with Gasteiger partial charge in [0, 0.05) is 24.3 Å². The van der Waals surface area contributed by atoms with Crippen molar-refractivity contribution in [1.29, 1.82) is 0 Å². The molecular weight excluding hydrogens is 268 g/mol. The van der Waals surface area contributed by atoms with Crippen LogP contribution in [0.3, 0.4) is 0 Å². The summed E-state index contributed by atoms with van der Waals surface area (Å²) in [5.41, 5.74) is 5.07. The third kappa shape index (κ3) is 7.35. The molecule has 2 rings (SSSR count). The molecule has 0 bridgehead atoms. The number of hydrogen-bond donors (Lipinski definition) is 0. The van der Waals surface area contributed by atoms with Crippen LogP contribution in [0.4, 0.5) is 0 Å². The van der Waals surface area contributed by atoms with Crippen molar-refractivity contribution in [2.24, 2.45) is 0 Å². The fourth-order valence-corrected chi connectivity index (χ4v) is 2.05. The number of aryl methyl sites for hydroxylation is 2. The molecule has 0 aliphatic rings. The van der Waals surface area contributed by atoms with E-state index in [1.165, 1.54) is 22.4 Å². The molecular formula is C20H32N2. The molecule has 2 heterocycles. The zero-order valence-electron chi connectivity index (χ0n) is 15.5. The standard InChI is InChI=1S/C10H15N.C8H11N.C2H6/c1-7(2)10-9(4)5-8(3)6-11-10;1-7(2)8-4-3-5-9-6-8;1-2/h5-7H,1-4H3;3-7H,1-2H3;1-2H3. The monoisotopic (exact) mass is 300 g/mol. The highest BCUT2D eigenvalue weighted by Crippen LogP contribution is 2.16. The lowest BCUT2D eigenvalue weighted by Gasteiger charge is -2.07. The molecule has 2 aromatic heterocycles. The number of rotatable bonds is 2. The highest BCUT2D eigenvalue weighted by atomic mass is 14.7. The van der Waals surface area contributed by atoms with Gasteiger partial charge in [-0.2, -0.15) is 0 Å². The lowest BCUT2D eigenvalue weighted by molar-refractivity contribution is 0.809. The van der Waals surface area contributed by atoms with Crippen LogP contribution in [0, 0.1) is 13.8 Å². The molecule has 2 aromatic rings. The topological polar surface area (TPSA) is 25.8 Å². The molecule has 0 fully saturated rings. The van der Waals surface area contributed by atoms with Crippen LogP contribution >= 0.6 is 0 Å². The van der Waals surface area contributed by atoms with Gasteiger partial charge in [-0.1, -0.05) is 53.7 Å². The van der Waals surface area contributed by atoms with E-state index in [1.54, 1.807) is 6.20 Å². The first-order chi connectivity index (χ1) is 10.4. The molecule has 0 amide bonds. The fraction of sp³-hybridized carbons (Fsp3) is 0.500. The van der Waals surface area contributed by atoms with Gasteiger partial charge in [0.05, 0.1) is 0 Å². The van der Waals surface area contributed by atoms with Crippen molar-refractivity contribution in [2.75, 3.05) is 0 Å². The normalized spacial score (nSPS) is 9.73. The summed E-state index contributed by atoms with van der Waals surface area (Å²) in [4.78, 5) is 8.38. The molecule has 0 aliphatic carbocycles. The third-order valence-corrected chi connectivity index (χ3v) is 3.15. The first-order valence-electron chi connectivity index (χ1n) is 8.24. The van der Waals surface area contributed by atoms with Gasteiger partial charge in [-0.25, -0.2) is 0 Å². The van der Waals surface area contributed by atoms with Crippen molar-refractivity contribution in [3.05, 3.63) is 59.2 Å². The van der Waals surface area contributed by atoms with Crippen molar-refractivity contribution in [1.82, 2.24) is 9.97 Å². The average Bonchev–Trinajstić information content (AvgIpc) is 2.50. The zero-order chi connectivity index (χ0) is 17.1. The van der Waals surface area contributed by atoms with Crippen molar-refractivity contribution < 1.29 is 0 Å². The molecule has 0 saturated heterocycles. The smallest absolute Gasteiger partial charge is 0.0458 e. The van der Waals surface area contributed by atoms with Crippen LogP contribution in [-0.4, -0.2) is 9.97 Å². The van der Waals surface area contributed by atoms with Crippen molar-refractivity contribution in [2.45, 2.75) is 67.2 Å². The van der Waals surface area contributed by atoms with Crippen LogP contribution < -0.4 is 0 Å². The second kappa shape index (κ2) is 10.9. The van der Waals surface area contributed by atoms with Gasteiger partial charge in [0.15, 0.2) is 0 Å². The minimum absolute atomic E-state index is 0.538. The minimum Gasteiger partial charge on any atom is -0.264 e. The molecule has 2 nitrogen and oxygen atoms in total. The lowest BCUT2D eigenvalue weighted by atomic mass is 10.0. The summed E-state index contributed by atoms with van der Waals surface area (Å²) < 4.78 is 0. The summed E-state index contributed by atoms with van der Waals surface area (Å²) in [5, 5.41) is 0. The van der Waals surface area contributed by atoms with Crippen LogP contribution in [0.1, 0.15) is 75.8 Å². The molecule has 0 radical (unpaired) electrons. The van der Waals surface area contributed by atoms with Gasteiger partial charge in [0.2, 0.25) is 0 Å². The SMILES string of the molecule is CC.CC(C)c1cccnc1.Cc1cnc(C(C)C)c(C)c1. The van der Waals surface area contributed by atoms with E-state index in [-0.39, 0.29) is 0 Å². The van der Waals surface area contributed by atoms with E-state index in [9.17, 15) is 0 Å². The van der Waals surface area contributed by atoms with Gasteiger partial charge in [0.1, 0.15) is 0 Å². The Labute approximate surface area is 137 Å². The number of hydrogen-bond acceptors (Lipinski definition) is 2. The highest BCUT2D eigenvalue weighted by molar-refractivity contribution is 5.25. The van der Waals surface area contributed by atoms with E-state index >= 15 is 0 Å². The molecule has 22 heavy (non-hydrogen) atoms. The van der Waals surface area contributed by atoms with E-state index < -0.39 is 0 Å². The first-order valence-corrected chi connectivity index (χ1v) is 8.24. The quantitative estimate of drug-likeness (QED) is 0.674. The number of aromatic nitrogens is 2. The van der Waals surface area contributed by atoms with E-state index in [2.05, 4.69) is 63.6 Å². The van der Waals surface area contributed by atoms with Gasteiger partial charge < -0.3 is 0 Å². The Kier molecular flexibility index (Phi) is 10.1. The van der Waals surface area contributed by atoms with Crippen LogP contribution in [0.5, 0.6) is 0 Å². The van der Waals surface area contributed by atoms with Crippen LogP contribution in [0.2, 0.25) is 0 Å². The highest BCUT2D eigenvalue weighted by Gasteiger charge is 2.03. The van der Waals surface area contributed by atoms with Gasteiger partial charge >= 0.3 is 0 Å². The Morgan fingerprint density at radius 3 is 1.91 bits per heavy atom. The fourth-order valence-electron chi connectivity index (χ4n) is 2.05. The van der Waals surface area contributed by atoms with E-state index in [0.29, 0.717) is 11.8 Å². The maximum Gasteiger partial charge on any atom is 0.0458 e. The molecule has 0 aromatic carbocycles. The second-order valence-corrected chi connectivity index (χ2v) is 5.81. The molecule has 2 heteroatoms. The van der Waals surface area contributed by atoms with Gasteiger partial charge in [-0.15, -0.1) is 0 Å². The summed E-state index contributed by atoms with van der Waals surface area (Å²) >= 11 is 0. The molecule has 0 unspecified atom stereocenters. The first kappa shape index (κ1) is 20.3. The van der Waals surface area contributed by atoms with E-state index in [0.717, 1.165) is 0 Å². The summed E-state index contributed by atoms with van der Waals surface area (Å²) in [6, 6.07) is 6.25. The predicted octanol–water partition coefficient (Wildman–Crippen LogP) is 6.05. The van der Waals surface area contributed by atoms with Crippen LogP contribution in [0.15, 0.2) is 36.8 Å². The van der Waals surface area contributed by atoms with Crippen molar-refractivity contribution in [3.8, 4) is 0 Å². The Bertz CT molecular complexity index is 516.